The van der Waals surface area contributed by atoms with Crippen molar-refractivity contribution >= 4 is 5.91 Å². The van der Waals surface area contributed by atoms with Crippen molar-refractivity contribution in [2.24, 2.45) is 11.5 Å². The van der Waals surface area contributed by atoms with Crippen LogP contribution in [0.25, 0.3) is 0 Å². The Kier molecular flexibility index (Phi) is 16.0. The second-order valence-corrected chi connectivity index (χ2v) is 7.29. The molecule has 0 fully saturated rings. The minimum atomic E-state index is -0.339. The fourth-order valence-electron chi connectivity index (χ4n) is 2.69. The van der Waals surface area contributed by atoms with Crippen LogP contribution in [0.1, 0.15) is 37.8 Å². The fraction of sp³-hybridized carbons (Fsp3) is 0.696. The molecule has 1 aromatic carbocycles. The molecule has 0 aliphatic heterocycles. The van der Waals surface area contributed by atoms with Gasteiger partial charge in [0.15, 0.2) is 0 Å². The summed E-state index contributed by atoms with van der Waals surface area (Å²) in [5.41, 5.74) is 13.5. The van der Waals surface area contributed by atoms with Gasteiger partial charge < -0.3 is 35.2 Å². The van der Waals surface area contributed by atoms with E-state index in [1.807, 2.05) is 26.0 Å². The summed E-state index contributed by atoms with van der Waals surface area (Å²) in [5, 5.41) is 0. The number of nitrogens with two attached hydrogens (primary N) is 2. The molecular formula is C23H40N2O6. The summed E-state index contributed by atoms with van der Waals surface area (Å²) < 4.78 is 27.4. The van der Waals surface area contributed by atoms with E-state index in [4.69, 9.17) is 35.2 Å². The van der Waals surface area contributed by atoms with Crippen LogP contribution in [0.3, 0.4) is 0 Å². The molecule has 31 heavy (non-hydrogen) atoms. The van der Waals surface area contributed by atoms with Crippen LogP contribution in [0.2, 0.25) is 0 Å². The smallest absolute Gasteiger partial charge is 0.217 e. The summed E-state index contributed by atoms with van der Waals surface area (Å²) in [5.74, 6) is -0.339. The molecular weight excluding hydrogens is 400 g/mol. The standard InChI is InChI=1S/C23H40N2O6/c1-3-27-12-13-29-16-17-30-15-14-28-11-10-20-4-6-21(7-5-20)18-31-19(2)22(24)8-9-23(25)26/h4-7,19,22H,3,8-18,24H2,1-2H3,(H2,25,26)/t19-,22?/m1/s1. The van der Waals surface area contributed by atoms with E-state index in [9.17, 15) is 4.79 Å². The van der Waals surface area contributed by atoms with Crippen molar-refractivity contribution in [2.75, 3.05) is 52.9 Å². The number of carbonyl (C=O) groups excluding carboxylic acids is 1. The molecule has 0 spiro atoms. The van der Waals surface area contributed by atoms with E-state index in [2.05, 4.69) is 12.1 Å². The molecule has 1 amide bonds. The molecule has 0 aliphatic rings. The molecule has 0 saturated carbocycles. The molecule has 8 heteroatoms. The van der Waals surface area contributed by atoms with Gasteiger partial charge in [-0.25, -0.2) is 0 Å². The van der Waals surface area contributed by atoms with E-state index in [-0.39, 0.29) is 24.5 Å². The molecule has 0 bridgehead atoms. The van der Waals surface area contributed by atoms with E-state index in [1.165, 1.54) is 5.56 Å². The van der Waals surface area contributed by atoms with Crippen molar-refractivity contribution in [1.29, 1.82) is 0 Å². The molecule has 1 rings (SSSR count). The van der Waals surface area contributed by atoms with Crippen molar-refractivity contribution < 1.29 is 28.5 Å². The highest BCUT2D eigenvalue weighted by Crippen LogP contribution is 2.10. The minimum Gasteiger partial charge on any atom is -0.379 e. The zero-order chi connectivity index (χ0) is 22.7. The maximum atomic E-state index is 10.8. The first kappa shape index (κ1) is 27.5. The van der Waals surface area contributed by atoms with Crippen molar-refractivity contribution in [3.63, 3.8) is 0 Å². The third-order valence-electron chi connectivity index (χ3n) is 4.72. The summed E-state index contributed by atoms with van der Waals surface area (Å²) in [6, 6.07) is 8.05. The number of rotatable bonds is 20. The summed E-state index contributed by atoms with van der Waals surface area (Å²) in [7, 11) is 0. The van der Waals surface area contributed by atoms with Crippen LogP contribution in [0.15, 0.2) is 24.3 Å². The lowest BCUT2D eigenvalue weighted by Gasteiger charge is -2.20. The summed E-state index contributed by atoms with van der Waals surface area (Å²) >= 11 is 0. The van der Waals surface area contributed by atoms with Crippen LogP contribution < -0.4 is 11.5 Å². The maximum Gasteiger partial charge on any atom is 0.217 e. The van der Waals surface area contributed by atoms with Gasteiger partial charge in [-0.15, -0.1) is 0 Å². The number of amides is 1. The second-order valence-electron chi connectivity index (χ2n) is 7.29. The van der Waals surface area contributed by atoms with Gasteiger partial charge in [-0.05, 0) is 37.8 Å². The Bertz CT molecular complexity index is 570. The molecule has 2 atom stereocenters. The van der Waals surface area contributed by atoms with E-state index in [1.54, 1.807) is 0 Å². The van der Waals surface area contributed by atoms with Gasteiger partial charge in [0.05, 0.1) is 59.0 Å². The third kappa shape index (κ3) is 15.0. The molecule has 8 nitrogen and oxygen atoms in total. The van der Waals surface area contributed by atoms with Crippen LogP contribution >= 0.6 is 0 Å². The number of carbonyl (C=O) groups is 1. The van der Waals surface area contributed by atoms with Gasteiger partial charge in [0.25, 0.3) is 0 Å². The van der Waals surface area contributed by atoms with Gasteiger partial charge in [-0.3, -0.25) is 4.79 Å². The van der Waals surface area contributed by atoms with Gasteiger partial charge in [0.2, 0.25) is 5.91 Å². The zero-order valence-corrected chi connectivity index (χ0v) is 19.1. The Hall–Kier alpha value is -1.55. The Morgan fingerprint density at radius 1 is 0.871 bits per heavy atom. The highest BCUT2D eigenvalue weighted by atomic mass is 16.6. The van der Waals surface area contributed by atoms with Crippen molar-refractivity contribution in [1.82, 2.24) is 0 Å². The molecule has 1 unspecified atom stereocenters. The number of hydrogen-bond acceptors (Lipinski definition) is 7. The molecule has 4 N–H and O–H groups in total. The van der Waals surface area contributed by atoms with Gasteiger partial charge in [0.1, 0.15) is 0 Å². The Morgan fingerprint density at radius 3 is 1.94 bits per heavy atom. The molecule has 178 valence electrons. The Balaban J connectivity index is 2.05. The fourth-order valence-corrected chi connectivity index (χ4v) is 2.69. The predicted molar refractivity (Wildman–Crippen MR) is 120 cm³/mol. The van der Waals surface area contributed by atoms with Crippen LogP contribution in [-0.4, -0.2) is 70.9 Å². The minimum absolute atomic E-state index is 0.142. The monoisotopic (exact) mass is 440 g/mol. The van der Waals surface area contributed by atoms with Crippen molar-refractivity contribution in [3.8, 4) is 0 Å². The highest BCUT2D eigenvalue weighted by Gasteiger charge is 2.14. The second kappa shape index (κ2) is 18.1. The normalized spacial score (nSPS) is 13.3. The first-order chi connectivity index (χ1) is 15.0. The van der Waals surface area contributed by atoms with Gasteiger partial charge in [0, 0.05) is 19.1 Å². The summed E-state index contributed by atoms with van der Waals surface area (Å²) in [6.07, 6.45) is 1.51. The first-order valence-corrected chi connectivity index (χ1v) is 11.1. The lowest BCUT2D eigenvalue weighted by molar-refractivity contribution is -0.118. The number of primary amides is 1. The molecule has 0 aromatic heterocycles. The zero-order valence-electron chi connectivity index (χ0n) is 19.1. The topological polar surface area (TPSA) is 115 Å². The number of ether oxygens (including phenoxy) is 5. The van der Waals surface area contributed by atoms with Crippen molar-refractivity contribution in [2.45, 2.75) is 51.9 Å². The van der Waals surface area contributed by atoms with E-state index in [0.29, 0.717) is 65.9 Å². The number of benzene rings is 1. The lowest BCUT2D eigenvalue weighted by atomic mass is 10.1. The summed E-state index contributed by atoms with van der Waals surface area (Å²) in [4.78, 5) is 10.8. The average Bonchev–Trinajstić information content (AvgIpc) is 2.77. The largest absolute Gasteiger partial charge is 0.379 e. The van der Waals surface area contributed by atoms with Crippen LogP contribution in [0.4, 0.5) is 0 Å². The third-order valence-corrected chi connectivity index (χ3v) is 4.72. The molecule has 0 heterocycles. The molecule has 0 aliphatic carbocycles. The number of hydrogen-bond donors (Lipinski definition) is 2. The molecule has 1 aromatic rings. The van der Waals surface area contributed by atoms with Crippen LogP contribution in [0, 0.1) is 0 Å². The first-order valence-electron chi connectivity index (χ1n) is 11.1. The Morgan fingerprint density at radius 2 is 1.39 bits per heavy atom. The predicted octanol–water partition coefficient (Wildman–Crippen LogP) is 1.81. The SMILES string of the molecule is CCOCCOCCOCCOCCc1ccc(CO[C@H](C)C(N)CCC(N)=O)cc1. The molecule has 0 saturated heterocycles. The van der Waals surface area contributed by atoms with Crippen molar-refractivity contribution in [3.05, 3.63) is 35.4 Å². The average molecular weight is 441 g/mol. The van der Waals surface area contributed by atoms with Gasteiger partial charge in [-0.1, -0.05) is 24.3 Å². The van der Waals surface area contributed by atoms with Gasteiger partial charge in [-0.2, -0.15) is 0 Å². The van der Waals surface area contributed by atoms with Gasteiger partial charge >= 0.3 is 0 Å². The highest BCUT2D eigenvalue weighted by molar-refractivity contribution is 5.73. The summed E-state index contributed by atoms with van der Waals surface area (Å²) in [6.45, 7) is 9.21. The van der Waals surface area contributed by atoms with E-state index >= 15 is 0 Å². The van der Waals surface area contributed by atoms with E-state index in [0.717, 1.165) is 12.0 Å². The van der Waals surface area contributed by atoms with Crippen LogP contribution in [0.5, 0.6) is 0 Å². The maximum absolute atomic E-state index is 10.8. The molecule has 0 radical (unpaired) electrons. The van der Waals surface area contributed by atoms with E-state index < -0.39 is 0 Å². The lowest BCUT2D eigenvalue weighted by Crippen LogP contribution is -2.35. The Labute approximate surface area is 186 Å². The van der Waals surface area contributed by atoms with Crippen LogP contribution in [-0.2, 0) is 41.5 Å². The quantitative estimate of drug-likeness (QED) is 0.297.